The van der Waals surface area contributed by atoms with Gasteiger partial charge in [0.25, 0.3) is 5.91 Å². The average Bonchev–Trinajstić information content (AvgIpc) is 2.77. The number of amides is 4. The Labute approximate surface area is 151 Å². The monoisotopic (exact) mass is 361 g/mol. The van der Waals surface area contributed by atoms with Crippen LogP contribution in [0.5, 0.6) is 0 Å². The summed E-state index contributed by atoms with van der Waals surface area (Å²) in [5, 5.41) is 11.6. The van der Waals surface area contributed by atoms with E-state index in [-0.39, 0.29) is 6.04 Å². The van der Waals surface area contributed by atoms with Crippen molar-refractivity contribution in [1.82, 2.24) is 15.1 Å². The number of rotatable bonds is 6. The summed E-state index contributed by atoms with van der Waals surface area (Å²) in [5.74, 6) is -2.30. The molecule has 1 aliphatic rings. The molecule has 0 spiro atoms. The number of hydrogen-bond donors (Lipinski definition) is 2. The quantitative estimate of drug-likeness (QED) is 0.738. The molecule has 1 atom stereocenters. The van der Waals surface area contributed by atoms with E-state index in [1.807, 2.05) is 19.1 Å². The molecular formula is C18H23N3O5. The smallest absolute Gasteiger partial charge is 0.325 e. The summed E-state index contributed by atoms with van der Waals surface area (Å²) in [6.45, 7) is 5.84. The Morgan fingerprint density at radius 3 is 2.31 bits per heavy atom. The number of imide groups is 1. The first-order valence-corrected chi connectivity index (χ1v) is 8.28. The van der Waals surface area contributed by atoms with Gasteiger partial charge in [0, 0.05) is 6.04 Å². The molecule has 1 unspecified atom stereocenters. The molecule has 1 aromatic rings. The summed E-state index contributed by atoms with van der Waals surface area (Å²) in [5.41, 5.74) is 0.366. The summed E-state index contributed by atoms with van der Waals surface area (Å²) in [6, 6.07) is 6.13. The van der Waals surface area contributed by atoms with Crippen LogP contribution in [0.3, 0.4) is 0 Å². The maximum Gasteiger partial charge on any atom is 0.325 e. The summed E-state index contributed by atoms with van der Waals surface area (Å²) in [6.07, 6.45) is 0. The number of nitrogens with zero attached hydrogens (tertiary/aromatic N) is 2. The van der Waals surface area contributed by atoms with Crippen molar-refractivity contribution in [3.8, 4) is 0 Å². The molecule has 4 amide bonds. The number of carboxylic acid groups (broad SMARTS) is 1. The first-order valence-electron chi connectivity index (χ1n) is 8.28. The van der Waals surface area contributed by atoms with Gasteiger partial charge in [-0.25, -0.2) is 4.79 Å². The van der Waals surface area contributed by atoms with Crippen molar-refractivity contribution < 1.29 is 24.3 Å². The normalized spacial score (nSPS) is 19.7. The fraction of sp³-hybridized carbons (Fsp3) is 0.444. The van der Waals surface area contributed by atoms with Gasteiger partial charge >= 0.3 is 12.0 Å². The first kappa shape index (κ1) is 19.4. The minimum Gasteiger partial charge on any atom is -0.480 e. The Balaban J connectivity index is 2.22. The highest BCUT2D eigenvalue weighted by molar-refractivity contribution is 6.09. The van der Waals surface area contributed by atoms with Gasteiger partial charge in [0.05, 0.1) is 0 Å². The van der Waals surface area contributed by atoms with Crippen molar-refractivity contribution in [2.45, 2.75) is 39.3 Å². The van der Waals surface area contributed by atoms with Gasteiger partial charge in [0.15, 0.2) is 0 Å². The molecule has 0 radical (unpaired) electrons. The van der Waals surface area contributed by atoms with Gasteiger partial charge in [-0.05, 0) is 33.3 Å². The first-order chi connectivity index (χ1) is 12.1. The maximum atomic E-state index is 12.8. The molecule has 140 valence electrons. The molecular weight excluding hydrogens is 338 g/mol. The zero-order chi connectivity index (χ0) is 19.6. The molecule has 0 aliphatic carbocycles. The number of nitrogens with one attached hydrogen (secondary N) is 1. The molecule has 8 heteroatoms. The molecule has 1 aromatic carbocycles. The standard InChI is InChI=1S/C18H23N3O5/c1-11(2)20(10-15(23)24)14(22)9-21-16(25)18(4,19-17(21)26)13-7-5-12(3)6-8-13/h5-8,11H,9-10H2,1-4H3,(H,19,26)(H,23,24). The van der Waals surface area contributed by atoms with Gasteiger partial charge in [0.1, 0.15) is 18.6 Å². The molecule has 1 aliphatic heterocycles. The van der Waals surface area contributed by atoms with Gasteiger partial charge in [-0.1, -0.05) is 29.8 Å². The molecule has 1 heterocycles. The van der Waals surface area contributed by atoms with Gasteiger partial charge in [-0.3, -0.25) is 19.3 Å². The van der Waals surface area contributed by atoms with Gasteiger partial charge in [-0.15, -0.1) is 0 Å². The van der Waals surface area contributed by atoms with Crippen molar-refractivity contribution >= 4 is 23.8 Å². The van der Waals surface area contributed by atoms with Crippen molar-refractivity contribution in [2.75, 3.05) is 13.1 Å². The number of benzene rings is 1. The van der Waals surface area contributed by atoms with Crippen LogP contribution < -0.4 is 5.32 Å². The average molecular weight is 361 g/mol. The predicted octanol–water partition coefficient (Wildman–Crippen LogP) is 1.08. The second-order valence-corrected chi connectivity index (χ2v) is 6.82. The van der Waals surface area contributed by atoms with Crippen LogP contribution in [-0.4, -0.2) is 57.9 Å². The second kappa shape index (κ2) is 7.15. The Kier molecular flexibility index (Phi) is 5.34. The number of urea groups is 1. The fourth-order valence-corrected chi connectivity index (χ4v) is 2.85. The van der Waals surface area contributed by atoms with Crippen LogP contribution in [0.25, 0.3) is 0 Å². The molecule has 1 saturated heterocycles. The van der Waals surface area contributed by atoms with Crippen molar-refractivity contribution in [3.05, 3.63) is 35.4 Å². The minimum absolute atomic E-state index is 0.372. The molecule has 26 heavy (non-hydrogen) atoms. The van der Waals surface area contributed by atoms with Crippen molar-refractivity contribution in [1.29, 1.82) is 0 Å². The SMILES string of the molecule is Cc1ccc(C2(C)NC(=O)N(CC(=O)N(CC(=O)O)C(C)C)C2=O)cc1. The maximum absolute atomic E-state index is 12.8. The minimum atomic E-state index is -1.26. The third-order valence-electron chi connectivity index (χ3n) is 4.45. The molecule has 0 saturated carbocycles. The summed E-state index contributed by atoms with van der Waals surface area (Å²) in [7, 11) is 0. The number of hydrogen-bond acceptors (Lipinski definition) is 4. The van der Waals surface area contributed by atoms with E-state index in [0.717, 1.165) is 15.4 Å². The zero-order valence-corrected chi connectivity index (χ0v) is 15.3. The number of carbonyl (C=O) groups excluding carboxylic acids is 3. The lowest BCUT2D eigenvalue weighted by atomic mass is 9.91. The van der Waals surface area contributed by atoms with E-state index in [2.05, 4.69) is 5.32 Å². The van der Waals surface area contributed by atoms with Crippen LogP contribution in [0.4, 0.5) is 4.79 Å². The van der Waals surface area contributed by atoms with Crippen LogP contribution in [0, 0.1) is 6.92 Å². The third-order valence-corrected chi connectivity index (χ3v) is 4.45. The van der Waals surface area contributed by atoms with E-state index in [0.29, 0.717) is 5.56 Å². The van der Waals surface area contributed by atoms with Crippen molar-refractivity contribution in [3.63, 3.8) is 0 Å². The molecule has 8 nitrogen and oxygen atoms in total. The Morgan fingerprint density at radius 1 is 1.23 bits per heavy atom. The number of carboxylic acids is 1. The van der Waals surface area contributed by atoms with Crippen LogP contribution in [-0.2, 0) is 19.9 Å². The van der Waals surface area contributed by atoms with Gasteiger partial charge in [0.2, 0.25) is 5.91 Å². The largest absolute Gasteiger partial charge is 0.480 e. The molecule has 2 rings (SSSR count). The van der Waals surface area contributed by atoms with Gasteiger partial charge < -0.3 is 15.3 Å². The predicted molar refractivity (Wildman–Crippen MR) is 93.3 cm³/mol. The highest BCUT2D eigenvalue weighted by atomic mass is 16.4. The van der Waals surface area contributed by atoms with Crippen LogP contribution >= 0.6 is 0 Å². The van der Waals surface area contributed by atoms with E-state index >= 15 is 0 Å². The van der Waals surface area contributed by atoms with Crippen molar-refractivity contribution in [2.24, 2.45) is 0 Å². The lowest BCUT2D eigenvalue weighted by molar-refractivity contribution is -0.147. The topological polar surface area (TPSA) is 107 Å². The van der Waals surface area contributed by atoms with Gasteiger partial charge in [-0.2, -0.15) is 0 Å². The number of carbonyl (C=O) groups is 4. The van der Waals surface area contributed by atoms with E-state index in [1.54, 1.807) is 32.9 Å². The third kappa shape index (κ3) is 3.68. The zero-order valence-electron chi connectivity index (χ0n) is 15.3. The Hall–Kier alpha value is -2.90. The lowest BCUT2D eigenvalue weighted by Gasteiger charge is -2.27. The molecule has 0 bridgehead atoms. The number of aliphatic carboxylic acids is 1. The van der Waals surface area contributed by atoms with Crippen LogP contribution in [0.1, 0.15) is 31.9 Å². The van der Waals surface area contributed by atoms with E-state index < -0.39 is 42.4 Å². The summed E-state index contributed by atoms with van der Waals surface area (Å²) < 4.78 is 0. The second-order valence-electron chi connectivity index (χ2n) is 6.82. The molecule has 0 aromatic heterocycles. The van der Waals surface area contributed by atoms with E-state index in [4.69, 9.17) is 5.11 Å². The summed E-state index contributed by atoms with van der Waals surface area (Å²) >= 11 is 0. The van der Waals surface area contributed by atoms with Crippen LogP contribution in [0.2, 0.25) is 0 Å². The summed E-state index contributed by atoms with van der Waals surface area (Å²) in [4.78, 5) is 50.5. The highest BCUT2D eigenvalue weighted by Crippen LogP contribution is 2.29. The molecule has 1 fully saturated rings. The Morgan fingerprint density at radius 2 is 1.81 bits per heavy atom. The number of aryl methyl sites for hydroxylation is 1. The fourth-order valence-electron chi connectivity index (χ4n) is 2.85. The molecule has 2 N–H and O–H groups in total. The van der Waals surface area contributed by atoms with E-state index in [1.165, 1.54) is 0 Å². The highest BCUT2D eigenvalue weighted by Gasteiger charge is 2.49. The lowest BCUT2D eigenvalue weighted by Crippen LogP contribution is -2.48. The van der Waals surface area contributed by atoms with E-state index in [9.17, 15) is 19.2 Å². The van der Waals surface area contributed by atoms with Crippen LogP contribution in [0.15, 0.2) is 24.3 Å². The Bertz CT molecular complexity index is 744.